The molecule has 1 aromatic heterocycles. The number of aromatic nitrogens is 1. The van der Waals surface area contributed by atoms with Crippen LogP contribution in [-0.2, 0) is 27.2 Å². The predicted octanol–water partition coefficient (Wildman–Crippen LogP) is 6.65. The zero-order chi connectivity index (χ0) is 36.5. The standard InChI is InChI=1S/C40H50N2O9/c1-7-18-49-32-23-30-29(36(25(32)3)50-19-8-2)15-14-27(20-26-12-11-16-41-24-26)37(30)51-40(45)31-13-9-10-17-42(31)39(44)35(43)28-21-33(46-4)38(48-6)34(22-28)47-5/h11-12,16,21-24,27,31,37H,7-10,13-15,17-20H2,1-6H3/t27-,31-,37-/m0/s1. The van der Waals surface area contributed by atoms with Crippen LogP contribution in [0.15, 0.2) is 42.7 Å². The third-order valence-corrected chi connectivity index (χ3v) is 9.65. The van der Waals surface area contributed by atoms with Crippen molar-refractivity contribution < 1.29 is 42.8 Å². The molecule has 11 heteroatoms. The van der Waals surface area contributed by atoms with Crippen molar-refractivity contribution in [2.45, 2.75) is 84.3 Å². The van der Waals surface area contributed by atoms with Crippen molar-refractivity contribution in [3.8, 4) is 28.7 Å². The average molecular weight is 703 g/mol. The number of amides is 1. The van der Waals surface area contributed by atoms with Gasteiger partial charge in [0.2, 0.25) is 5.75 Å². The minimum Gasteiger partial charge on any atom is -0.493 e. The molecule has 2 aromatic carbocycles. The number of Topliss-reactive ketones (excluding diaryl/α,β-unsaturated/α-hetero) is 1. The normalized spacial score (nSPS) is 18.3. The highest BCUT2D eigenvalue weighted by Crippen LogP contribution is 2.47. The van der Waals surface area contributed by atoms with Crippen molar-refractivity contribution in [1.82, 2.24) is 9.88 Å². The first-order valence-electron chi connectivity index (χ1n) is 17.9. The van der Waals surface area contributed by atoms with Crippen LogP contribution in [0.1, 0.15) is 91.1 Å². The van der Waals surface area contributed by atoms with Crippen molar-refractivity contribution in [2.75, 3.05) is 41.1 Å². The molecule has 274 valence electrons. The molecule has 1 aliphatic heterocycles. The lowest BCUT2D eigenvalue weighted by Gasteiger charge is -2.38. The van der Waals surface area contributed by atoms with Crippen LogP contribution in [0.2, 0.25) is 0 Å². The smallest absolute Gasteiger partial charge is 0.329 e. The highest BCUT2D eigenvalue weighted by atomic mass is 16.5. The molecular weight excluding hydrogens is 652 g/mol. The summed E-state index contributed by atoms with van der Waals surface area (Å²) in [6.45, 7) is 7.47. The summed E-state index contributed by atoms with van der Waals surface area (Å²) in [6, 6.07) is 7.89. The van der Waals surface area contributed by atoms with Gasteiger partial charge in [-0.1, -0.05) is 19.9 Å². The van der Waals surface area contributed by atoms with Gasteiger partial charge in [0.05, 0.1) is 34.5 Å². The first-order chi connectivity index (χ1) is 24.8. The molecule has 2 aliphatic rings. The maximum atomic E-state index is 14.4. The Kier molecular flexibility index (Phi) is 12.8. The largest absolute Gasteiger partial charge is 0.493 e. The van der Waals surface area contributed by atoms with Gasteiger partial charge >= 0.3 is 5.97 Å². The molecule has 3 aromatic rings. The fraction of sp³-hybridized carbons (Fsp3) is 0.500. The number of piperidine rings is 1. The highest BCUT2D eigenvalue weighted by molar-refractivity contribution is 6.43. The lowest BCUT2D eigenvalue weighted by molar-refractivity contribution is -0.163. The number of hydrogen-bond donors (Lipinski definition) is 0. The molecule has 11 nitrogen and oxygen atoms in total. The van der Waals surface area contributed by atoms with Crippen molar-refractivity contribution in [2.24, 2.45) is 5.92 Å². The van der Waals surface area contributed by atoms with E-state index in [1.165, 1.54) is 38.4 Å². The minimum absolute atomic E-state index is 0.0690. The number of hydrogen-bond acceptors (Lipinski definition) is 10. The second kappa shape index (κ2) is 17.4. The van der Waals surface area contributed by atoms with Gasteiger partial charge in [0, 0.05) is 47.1 Å². The number of ketones is 1. The third kappa shape index (κ3) is 8.24. The van der Waals surface area contributed by atoms with Crippen molar-refractivity contribution in [3.63, 3.8) is 0 Å². The summed E-state index contributed by atoms with van der Waals surface area (Å²) in [5, 5.41) is 0. The third-order valence-electron chi connectivity index (χ3n) is 9.65. The van der Waals surface area contributed by atoms with E-state index in [0.29, 0.717) is 50.4 Å². The number of pyridine rings is 1. The fourth-order valence-electron chi connectivity index (χ4n) is 7.09. The van der Waals surface area contributed by atoms with E-state index in [-0.39, 0.29) is 29.5 Å². The van der Waals surface area contributed by atoms with Gasteiger partial charge in [0.15, 0.2) is 11.5 Å². The van der Waals surface area contributed by atoms with Crippen molar-refractivity contribution in [1.29, 1.82) is 0 Å². The summed E-state index contributed by atoms with van der Waals surface area (Å²) in [7, 11) is 4.34. The second-order valence-corrected chi connectivity index (χ2v) is 13.1. The Balaban J connectivity index is 1.49. The van der Waals surface area contributed by atoms with Gasteiger partial charge in [-0.05, 0) is 88.1 Å². The Bertz CT molecular complexity index is 1670. The van der Waals surface area contributed by atoms with Crippen LogP contribution in [0.4, 0.5) is 0 Å². The number of benzene rings is 2. The number of rotatable bonds is 15. The molecule has 0 saturated carbocycles. The van der Waals surface area contributed by atoms with Crippen LogP contribution >= 0.6 is 0 Å². The van der Waals surface area contributed by atoms with Gasteiger partial charge in [-0.15, -0.1) is 0 Å². The zero-order valence-corrected chi connectivity index (χ0v) is 30.6. The van der Waals surface area contributed by atoms with Gasteiger partial charge in [-0.2, -0.15) is 0 Å². The number of esters is 1. The van der Waals surface area contributed by atoms with Crippen LogP contribution in [0, 0.1) is 12.8 Å². The first-order valence-corrected chi connectivity index (χ1v) is 17.9. The van der Waals surface area contributed by atoms with E-state index < -0.39 is 29.8 Å². The number of nitrogens with zero attached hydrogens (tertiary/aromatic N) is 2. The van der Waals surface area contributed by atoms with E-state index in [1.54, 1.807) is 6.20 Å². The highest BCUT2D eigenvalue weighted by Gasteiger charge is 2.41. The minimum atomic E-state index is -0.932. The number of ether oxygens (including phenoxy) is 6. The molecule has 0 N–H and O–H groups in total. The molecule has 1 fully saturated rings. The van der Waals surface area contributed by atoms with Crippen LogP contribution < -0.4 is 23.7 Å². The van der Waals surface area contributed by atoms with Gasteiger partial charge in [0.1, 0.15) is 23.6 Å². The molecule has 3 atom stereocenters. The summed E-state index contributed by atoms with van der Waals surface area (Å²) < 4.78 is 35.3. The summed E-state index contributed by atoms with van der Waals surface area (Å²) in [5.41, 5.74) is 3.91. The zero-order valence-electron chi connectivity index (χ0n) is 30.6. The number of fused-ring (bicyclic) bond motifs is 1. The van der Waals surface area contributed by atoms with Crippen LogP contribution in [0.25, 0.3) is 0 Å². The number of carbonyl (C=O) groups excluding carboxylic acids is 3. The fourth-order valence-corrected chi connectivity index (χ4v) is 7.09. The number of likely N-dealkylation sites (tertiary alicyclic amines) is 1. The molecule has 1 aliphatic carbocycles. The first kappa shape index (κ1) is 37.5. The molecule has 0 bridgehead atoms. The van der Waals surface area contributed by atoms with E-state index in [9.17, 15) is 14.4 Å². The molecule has 2 heterocycles. The van der Waals surface area contributed by atoms with Gasteiger partial charge in [-0.3, -0.25) is 14.6 Å². The Hall–Kier alpha value is -4.80. The molecule has 0 unspecified atom stereocenters. The topological polar surface area (TPSA) is 123 Å². The van der Waals surface area contributed by atoms with Crippen molar-refractivity contribution in [3.05, 3.63) is 70.5 Å². The lowest BCUT2D eigenvalue weighted by Crippen LogP contribution is -2.51. The number of carbonyl (C=O) groups is 3. The summed E-state index contributed by atoms with van der Waals surface area (Å²) >= 11 is 0. The second-order valence-electron chi connectivity index (χ2n) is 13.1. The van der Waals surface area contributed by atoms with Crippen LogP contribution in [-0.4, -0.2) is 74.7 Å². The predicted molar refractivity (Wildman–Crippen MR) is 191 cm³/mol. The lowest BCUT2D eigenvalue weighted by atomic mass is 9.77. The Morgan fingerprint density at radius 3 is 2.25 bits per heavy atom. The summed E-state index contributed by atoms with van der Waals surface area (Å²) in [4.78, 5) is 47.6. The maximum Gasteiger partial charge on any atom is 0.329 e. The van der Waals surface area contributed by atoms with Crippen LogP contribution in [0.5, 0.6) is 28.7 Å². The molecule has 0 spiro atoms. The molecule has 1 amide bonds. The quantitative estimate of drug-likeness (QED) is 0.0967. The van der Waals surface area contributed by atoms with E-state index in [2.05, 4.69) is 18.8 Å². The van der Waals surface area contributed by atoms with Gasteiger partial charge in [-0.25, -0.2) is 4.79 Å². The van der Waals surface area contributed by atoms with Crippen LogP contribution in [0.3, 0.4) is 0 Å². The summed E-state index contributed by atoms with van der Waals surface area (Å²) in [5.74, 6) is 0.111. The average Bonchev–Trinajstić information content (AvgIpc) is 3.16. The van der Waals surface area contributed by atoms with Gasteiger partial charge in [0.25, 0.3) is 11.7 Å². The molecule has 1 saturated heterocycles. The molecule has 0 radical (unpaired) electrons. The monoisotopic (exact) mass is 702 g/mol. The Morgan fingerprint density at radius 1 is 0.882 bits per heavy atom. The maximum absolute atomic E-state index is 14.4. The number of methoxy groups -OCH3 is 3. The molecular formula is C40H50N2O9. The van der Waals surface area contributed by atoms with E-state index >= 15 is 0 Å². The molecule has 51 heavy (non-hydrogen) atoms. The Labute approximate surface area is 300 Å². The Morgan fingerprint density at radius 2 is 1.61 bits per heavy atom. The van der Waals surface area contributed by atoms with Gasteiger partial charge < -0.3 is 33.3 Å². The van der Waals surface area contributed by atoms with Crippen molar-refractivity contribution >= 4 is 17.7 Å². The van der Waals surface area contributed by atoms with E-state index in [1.807, 2.05) is 31.3 Å². The van der Waals surface area contributed by atoms with E-state index in [4.69, 9.17) is 28.4 Å². The SMILES string of the molecule is CCCOc1cc2c(c(OCCC)c1C)CC[C@@H](Cc1cccnc1)[C@@H]2OC(=O)[C@@H]1CCCCN1C(=O)C(=O)c1cc(OC)c(OC)c(OC)c1. The molecule has 5 rings (SSSR count). The van der Waals surface area contributed by atoms with E-state index in [0.717, 1.165) is 53.7 Å². The summed E-state index contributed by atoms with van der Waals surface area (Å²) in [6.07, 6.45) is 8.51.